The molecule has 0 aliphatic heterocycles. The molecule has 4 heteroatoms. The number of carbonyl (C=O) groups excluding carboxylic acids is 2. The molecule has 0 aromatic heterocycles. The summed E-state index contributed by atoms with van der Waals surface area (Å²) in [6.07, 6.45) is 0. The first-order valence-corrected chi connectivity index (χ1v) is 8.14. The summed E-state index contributed by atoms with van der Waals surface area (Å²) in [5.74, 6) is -0.242. The summed E-state index contributed by atoms with van der Waals surface area (Å²) in [6, 6.07) is 15.5. The summed E-state index contributed by atoms with van der Waals surface area (Å²) in [7, 11) is 0. The highest BCUT2D eigenvalue weighted by atomic mass is 16.2. The van der Waals surface area contributed by atoms with Crippen molar-refractivity contribution in [2.45, 2.75) is 27.7 Å². The molecule has 0 saturated carbocycles. The normalized spacial score (nSPS) is 10.3. The van der Waals surface area contributed by atoms with E-state index < -0.39 is 0 Å². The molecule has 0 atom stereocenters. The maximum Gasteiger partial charge on any atom is 0.247 e. The van der Waals surface area contributed by atoms with Crippen LogP contribution in [0.3, 0.4) is 0 Å². The van der Waals surface area contributed by atoms with Gasteiger partial charge in [0.25, 0.3) is 0 Å². The van der Waals surface area contributed by atoms with Gasteiger partial charge in [-0.2, -0.15) is 0 Å². The van der Waals surface area contributed by atoms with Crippen molar-refractivity contribution >= 4 is 23.2 Å². The minimum Gasteiger partial charge on any atom is -0.311 e. The Morgan fingerprint density at radius 1 is 0.875 bits per heavy atom. The standard InChI is InChI=1S/C20H24N2O2/c1-5-21(18-10-6-8-15(2)12-18)20(24)14-22(17(4)23)19-11-7-9-16(3)13-19/h6-13H,5,14H2,1-4H3. The lowest BCUT2D eigenvalue weighted by atomic mass is 10.2. The summed E-state index contributed by atoms with van der Waals surface area (Å²) in [5.41, 5.74) is 3.75. The van der Waals surface area contributed by atoms with Gasteiger partial charge >= 0.3 is 0 Å². The molecule has 2 aromatic carbocycles. The van der Waals surface area contributed by atoms with Crippen LogP contribution in [0.5, 0.6) is 0 Å². The predicted molar refractivity (Wildman–Crippen MR) is 98.4 cm³/mol. The van der Waals surface area contributed by atoms with E-state index in [4.69, 9.17) is 0 Å². The lowest BCUT2D eigenvalue weighted by molar-refractivity contribution is -0.121. The second-order valence-electron chi connectivity index (χ2n) is 5.92. The molecule has 0 aliphatic carbocycles. The van der Waals surface area contributed by atoms with Crippen molar-refractivity contribution in [3.05, 3.63) is 59.7 Å². The first-order chi connectivity index (χ1) is 11.4. The van der Waals surface area contributed by atoms with E-state index >= 15 is 0 Å². The van der Waals surface area contributed by atoms with Crippen LogP contribution in [0, 0.1) is 13.8 Å². The fraction of sp³-hybridized carbons (Fsp3) is 0.300. The summed E-state index contributed by atoms with van der Waals surface area (Å²) in [4.78, 5) is 28.1. The molecule has 126 valence electrons. The zero-order chi connectivity index (χ0) is 17.7. The molecule has 24 heavy (non-hydrogen) atoms. The average Bonchev–Trinajstić information content (AvgIpc) is 2.53. The number of likely N-dealkylation sites (N-methyl/N-ethyl adjacent to an activating group) is 1. The third-order valence-electron chi connectivity index (χ3n) is 3.92. The van der Waals surface area contributed by atoms with E-state index in [0.29, 0.717) is 6.54 Å². The van der Waals surface area contributed by atoms with Crippen LogP contribution in [-0.2, 0) is 9.59 Å². The van der Waals surface area contributed by atoms with Crippen LogP contribution in [0.25, 0.3) is 0 Å². The van der Waals surface area contributed by atoms with Crippen molar-refractivity contribution in [2.24, 2.45) is 0 Å². The van der Waals surface area contributed by atoms with Crippen LogP contribution >= 0.6 is 0 Å². The second-order valence-corrected chi connectivity index (χ2v) is 5.92. The van der Waals surface area contributed by atoms with Crippen LogP contribution in [0.15, 0.2) is 48.5 Å². The Hall–Kier alpha value is -2.62. The number of nitrogens with zero attached hydrogens (tertiary/aromatic N) is 2. The van der Waals surface area contributed by atoms with Gasteiger partial charge < -0.3 is 9.80 Å². The number of aryl methyl sites for hydroxylation is 2. The Labute approximate surface area is 143 Å². The van der Waals surface area contributed by atoms with Crippen molar-refractivity contribution in [3.63, 3.8) is 0 Å². The van der Waals surface area contributed by atoms with Gasteiger partial charge in [-0.1, -0.05) is 24.3 Å². The van der Waals surface area contributed by atoms with Crippen LogP contribution in [-0.4, -0.2) is 24.9 Å². The molecular weight excluding hydrogens is 300 g/mol. The zero-order valence-electron chi connectivity index (χ0n) is 14.7. The number of rotatable bonds is 5. The summed E-state index contributed by atoms with van der Waals surface area (Å²) in [6.45, 7) is 7.97. The van der Waals surface area contributed by atoms with Crippen LogP contribution in [0.4, 0.5) is 11.4 Å². The van der Waals surface area contributed by atoms with E-state index in [2.05, 4.69) is 0 Å². The number of amides is 2. The Morgan fingerprint density at radius 2 is 1.38 bits per heavy atom. The zero-order valence-corrected chi connectivity index (χ0v) is 14.7. The number of hydrogen-bond acceptors (Lipinski definition) is 2. The van der Waals surface area contributed by atoms with Crippen molar-refractivity contribution in [1.29, 1.82) is 0 Å². The summed E-state index contributed by atoms with van der Waals surface area (Å²) < 4.78 is 0. The molecule has 0 fully saturated rings. The molecule has 0 radical (unpaired) electrons. The van der Waals surface area contributed by atoms with Crippen molar-refractivity contribution in [1.82, 2.24) is 0 Å². The Balaban J connectivity index is 2.25. The van der Waals surface area contributed by atoms with Crippen molar-refractivity contribution in [2.75, 3.05) is 22.9 Å². The van der Waals surface area contributed by atoms with Gasteiger partial charge in [-0.25, -0.2) is 0 Å². The van der Waals surface area contributed by atoms with Gasteiger partial charge in [0.15, 0.2) is 0 Å². The molecule has 2 rings (SSSR count). The minimum atomic E-state index is -0.144. The molecule has 0 aliphatic rings. The van der Waals surface area contributed by atoms with Gasteiger partial charge in [-0.05, 0) is 56.2 Å². The minimum absolute atomic E-state index is 0.0283. The molecular formula is C20H24N2O2. The van der Waals surface area contributed by atoms with Gasteiger partial charge in [-0.3, -0.25) is 9.59 Å². The molecule has 2 aromatic rings. The van der Waals surface area contributed by atoms with E-state index in [9.17, 15) is 9.59 Å². The van der Waals surface area contributed by atoms with Gasteiger partial charge in [0, 0.05) is 24.8 Å². The first kappa shape index (κ1) is 17.7. The highest BCUT2D eigenvalue weighted by Gasteiger charge is 2.20. The lowest BCUT2D eigenvalue weighted by Gasteiger charge is -2.26. The van der Waals surface area contributed by atoms with Gasteiger partial charge in [0.1, 0.15) is 6.54 Å². The van der Waals surface area contributed by atoms with Crippen molar-refractivity contribution in [3.8, 4) is 0 Å². The fourth-order valence-corrected chi connectivity index (χ4v) is 2.70. The molecule has 0 heterocycles. The number of anilines is 2. The Bertz CT molecular complexity index is 740. The monoisotopic (exact) mass is 324 g/mol. The average molecular weight is 324 g/mol. The topological polar surface area (TPSA) is 40.6 Å². The highest BCUT2D eigenvalue weighted by molar-refractivity contribution is 6.03. The Morgan fingerprint density at radius 3 is 1.79 bits per heavy atom. The molecule has 0 N–H and O–H groups in total. The number of benzene rings is 2. The van der Waals surface area contributed by atoms with Crippen LogP contribution < -0.4 is 9.80 Å². The Kier molecular flexibility index (Phi) is 5.74. The van der Waals surface area contributed by atoms with E-state index in [0.717, 1.165) is 22.5 Å². The number of carbonyl (C=O) groups is 2. The smallest absolute Gasteiger partial charge is 0.247 e. The third-order valence-corrected chi connectivity index (χ3v) is 3.92. The second kappa shape index (κ2) is 7.77. The van der Waals surface area contributed by atoms with Gasteiger partial charge in [-0.15, -0.1) is 0 Å². The SMILES string of the molecule is CCN(C(=O)CN(C(C)=O)c1cccc(C)c1)c1cccc(C)c1. The third kappa shape index (κ3) is 4.22. The van der Waals surface area contributed by atoms with E-state index in [1.807, 2.05) is 69.3 Å². The molecule has 0 unspecified atom stereocenters. The molecule has 0 saturated heterocycles. The summed E-state index contributed by atoms with van der Waals surface area (Å²) in [5, 5.41) is 0. The van der Waals surface area contributed by atoms with E-state index in [1.165, 1.54) is 11.8 Å². The number of hydrogen-bond donors (Lipinski definition) is 0. The lowest BCUT2D eigenvalue weighted by Crippen LogP contribution is -2.42. The van der Waals surface area contributed by atoms with Gasteiger partial charge in [0.05, 0.1) is 0 Å². The van der Waals surface area contributed by atoms with Crippen LogP contribution in [0.2, 0.25) is 0 Å². The summed E-state index contributed by atoms with van der Waals surface area (Å²) >= 11 is 0. The van der Waals surface area contributed by atoms with E-state index in [1.54, 1.807) is 4.90 Å². The van der Waals surface area contributed by atoms with Crippen LogP contribution in [0.1, 0.15) is 25.0 Å². The quantitative estimate of drug-likeness (QED) is 0.841. The fourth-order valence-electron chi connectivity index (χ4n) is 2.70. The first-order valence-electron chi connectivity index (χ1n) is 8.14. The maximum absolute atomic E-state index is 12.8. The van der Waals surface area contributed by atoms with Gasteiger partial charge in [0.2, 0.25) is 11.8 Å². The largest absolute Gasteiger partial charge is 0.311 e. The molecule has 0 spiro atoms. The predicted octanol–water partition coefficient (Wildman–Crippen LogP) is 3.71. The van der Waals surface area contributed by atoms with Crippen molar-refractivity contribution < 1.29 is 9.59 Å². The molecule has 4 nitrogen and oxygen atoms in total. The maximum atomic E-state index is 12.8. The molecule has 0 bridgehead atoms. The molecule has 2 amide bonds. The highest BCUT2D eigenvalue weighted by Crippen LogP contribution is 2.19. The van der Waals surface area contributed by atoms with E-state index in [-0.39, 0.29) is 18.4 Å².